The molecule has 2 saturated heterocycles. The van der Waals surface area contributed by atoms with Crippen LogP contribution in [0.5, 0.6) is 0 Å². The Bertz CT molecular complexity index is 2550. The molecule has 65 heavy (non-hydrogen) atoms. The van der Waals surface area contributed by atoms with Crippen LogP contribution in [-0.4, -0.2) is 117 Å². The molecule has 3 aliphatic rings. The number of nitrogens with zero attached hydrogens (tertiary/aromatic N) is 6. The summed E-state index contributed by atoms with van der Waals surface area (Å²) in [5, 5.41) is 8.06. The molecule has 15 nitrogen and oxygen atoms in total. The van der Waals surface area contributed by atoms with Crippen molar-refractivity contribution in [2.45, 2.75) is 98.4 Å². The van der Waals surface area contributed by atoms with Gasteiger partial charge in [-0.25, -0.2) is 10.4 Å². The molecule has 0 spiro atoms. The van der Waals surface area contributed by atoms with Crippen LogP contribution in [0.15, 0.2) is 41.9 Å². The number of benzene rings is 1. The van der Waals surface area contributed by atoms with Gasteiger partial charge in [0.2, 0.25) is 11.8 Å². The average Bonchev–Trinajstić information content (AvgIpc) is 3.99. The van der Waals surface area contributed by atoms with Crippen LogP contribution in [0, 0.1) is 35.0 Å². The van der Waals surface area contributed by atoms with Gasteiger partial charge in [0, 0.05) is 89.1 Å². The summed E-state index contributed by atoms with van der Waals surface area (Å²) in [7, 11) is 5.33. The highest BCUT2D eigenvalue weighted by Crippen LogP contribution is 2.41. The zero-order chi connectivity index (χ0) is 46.9. The molecule has 0 radical (unpaired) electrons. The summed E-state index contributed by atoms with van der Waals surface area (Å²) in [4.78, 5) is 82.5. The van der Waals surface area contributed by atoms with Crippen molar-refractivity contribution >= 4 is 51.8 Å². The molecule has 3 aliphatic heterocycles. The van der Waals surface area contributed by atoms with Gasteiger partial charge in [-0.15, -0.1) is 11.3 Å². The Morgan fingerprint density at radius 3 is 2.65 bits per heavy atom. The van der Waals surface area contributed by atoms with Crippen LogP contribution in [0.3, 0.4) is 0 Å². The summed E-state index contributed by atoms with van der Waals surface area (Å²) in [6.07, 6.45) is 3.15. The molecule has 0 aliphatic carbocycles. The van der Waals surface area contributed by atoms with Crippen LogP contribution in [0.1, 0.15) is 86.5 Å². The second-order valence-electron chi connectivity index (χ2n) is 18.9. The standard InChI is InChI=1S/C49H62N8O7S.2H2/c1-11-14-41(58)56-24-29(4)35(25-56)46(60)55(9)43(28(2)3)45(59)52-37-22-40-51-38(26-65-40)31-17-18-39-33(21-31)34(44(54(39)8)32-15-12-19-50-42(32)30(5)63-10)23-49(6,7)27-64-48(62)36-16-13-20-57(53-36)47(37)61;;/h12,15,17-19,21,26,28-30,35-37,43,53H,13,16,20,22-25,27H2,1-10H3,(H,52,59);2*1H/t29-,30-,35+,36-,37-,43-;;/m0../s1. The molecule has 6 heterocycles. The predicted molar refractivity (Wildman–Crippen MR) is 253 cm³/mol. The molecular weight excluding hydrogens is 845 g/mol. The lowest BCUT2D eigenvalue weighted by atomic mass is 9.84. The number of likely N-dealkylation sites (N-methyl/N-ethyl adjacent to an activating group) is 1. The first kappa shape index (κ1) is 47.3. The van der Waals surface area contributed by atoms with E-state index in [2.05, 4.69) is 66.2 Å². The van der Waals surface area contributed by atoms with Crippen LogP contribution in [0.4, 0.5) is 0 Å². The van der Waals surface area contributed by atoms with Crippen molar-refractivity contribution in [2.75, 3.05) is 40.4 Å². The zero-order valence-electron chi connectivity index (χ0n) is 39.2. The Labute approximate surface area is 388 Å². The molecular formula is C49H66N8O7S. The number of ether oxygens (including phenoxy) is 2. The van der Waals surface area contributed by atoms with E-state index >= 15 is 0 Å². The van der Waals surface area contributed by atoms with Crippen molar-refractivity contribution < 1.29 is 36.3 Å². The van der Waals surface area contributed by atoms with Gasteiger partial charge < -0.3 is 29.2 Å². The minimum Gasteiger partial charge on any atom is -0.464 e. The molecule has 0 unspecified atom stereocenters. The summed E-state index contributed by atoms with van der Waals surface area (Å²) in [5.74, 6) is 2.23. The predicted octanol–water partition coefficient (Wildman–Crippen LogP) is 5.81. The monoisotopic (exact) mass is 910 g/mol. The molecule has 4 aromatic rings. The highest BCUT2D eigenvalue weighted by molar-refractivity contribution is 7.10. The minimum absolute atomic E-state index is 0. The van der Waals surface area contributed by atoms with E-state index in [1.807, 2.05) is 45.2 Å². The topological polar surface area (TPSA) is 168 Å². The van der Waals surface area contributed by atoms with Gasteiger partial charge in [0.1, 0.15) is 18.1 Å². The Kier molecular flexibility index (Phi) is 14.2. The number of hydrogen-bond acceptors (Lipinski definition) is 11. The van der Waals surface area contributed by atoms with E-state index in [0.717, 1.165) is 44.7 Å². The van der Waals surface area contributed by atoms with Gasteiger partial charge >= 0.3 is 5.97 Å². The van der Waals surface area contributed by atoms with E-state index in [1.165, 1.54) is 21.2 Å². The number of thiazole rings is 1. The third-order valence-electron chi connectivity index (χ3n) is 13.1. The largest absolute Gasteiger partial charge is 0.464 e. The smallest absolute Gasteiger partial charge is 0.324 e. The maximum Gasteiger partial charge on any atom is 0.324 e. The SMILES string of the molecule is CC#CC(=O)N1C[C@H](C)[C@H](C(=O)N(C)[C@H](C(=O)N[C@H]2Cc3nc(cs3)-c3ccc4c(c3)c(c(-c3cccnc3[C@H](C)OC)n4C)CC(C)(C)COC(=O)[C@@H]3CCCN(N3)C2=O)C(C)C)C1.[HH].[HH]. The van der Waals surface area contributed by atoms with Crippen molar-refractivity contribution in [3.63, 3.8) is 0 Å². The van der Waals surface area contributed by atoms with Crippen molar-refractivity contribution in [3.05, 3.63) is 58.2 Å². The Balaban J connectivity index is 0.00000420. The van der Waals surface area contributed by atoms with Gasteiger partial charge in [-0.3, -0.25) is 34.0 Å². The maximum absolute atomic E-state index is 14.6. The molecule has 350 valence electrons. The van der Waals surface area contributed by atoms with E-state index in [0.29, 0.717) is 37.4 Å². The number of pyridine rings is 1. The van der Waals surface area contributed by atoms with Gasteiger partial charge in [0.05, 0.1) is 40.7 Å². The number of rotatable bonds is 8. The molecule has 16 heteroatoms. The number of hydrogen-bond donors (Lipinski definition) is 2. The van der Waals surface area contributed by atoms with Crippen LogP contribution < -0.4 is 10.7 Å². The highest BCUT2D eigenvalue weighted by Gasteiger charge is 2.43. The molecule has 3 aromatic heterocycles. The number of carbonyl (C=O) groups excluding carboxylic acids is 5. The third-order valence-corrected chi connectivity index (χ3v) is 14.0. The van der Waals surface area contributed by atoms with E-state index in [1.54, 1.807) is 32.2 Å². The summed E-state index contributed by atoms with van der Waals surface area (Å²) in [6, 6.07) is 7.48. The summed E-state index contributed by atoms with van der Waals surface area (Å²) in [6.45, 7) is 14.4. The van der Waals surface area contributed by atoms with Gasteiger partial charge in [-0.1, -0.05) is 46.6 Å². The molecule has 2 fully saturated rings. The molecule has 1 aromatic carbocycles. The minimum atomic E-state index is -1.09. The van der Waals surface area contributed by atoms with Crippen LogP contribution in [0.25, 0.3) is 33.4 Å². The lowest BCUT2D eigenvalue weighted by molar-refractivity contribution is -0.155. The fourth-order valence-electron chi connectivity index (χ4n) is 9.59. The third kappa shape index (κ3) is 9.83. The molecule has 7 rings (SSSR count). The number of carbonyl (C=O) groups is 5. The molecule has 2 N–H and O–H groups in total. The summed E-state index contributed by atoms with van der Waals surface area (Å²) >= 11 is 1.40. The van der Waals surface area contributed by atoms with E-state index in [4.69, 9.17) is 19.4 Å². The number of aromatic nitrogens is 3. The number of nitrogens with one attached hydrogen (secondary N) is 2. The number of cyclic esters (lactones) is 1. The first-order valence-corrected chi connectivity index (χ1v) is 23.4. The van der Waals surface area contributed by atoms with Crippen LogP contribution in [0.2, 0.25) is 0 Å². The van der Waals surface area contributed by atoms with Crippen molar-refractivity contribution in [3.8, 4) is 34.4 Å². The van der Waals surface area contributed by atoms with Gasteiger partial charge in [0.25, 0.3) is 11.8 Å². The fourth-order valence-corrected chi connectivity index (χ4v) is 10.4. The Morgan fingerprint density at radius 1 is 1.15 bits per heavy atom. The Morgan fingerprint density at radius 2 is 1.92 bits per heavy atom. The first-order chi connectivity index (χ1) is 30.9. The summed E-state index contributed by atoms with van der Waals surface area (Å²) < 4.78 is 14.0. The quantitative estimate of drug-likeness (QED) is 0.163. The number of fused-ring (bicyclic) bond motifs is 6. The van der Waals surface area contributed by atoms with E-state index < -0.39 is 47.2 Å². The average molecular weight is 911 g/mol. The van der Waals surface area contributed by atoms with Crippen molar-refractivity contribution in [1.29, 1.82) is 0 Å². The normalized spacial score (nSPS) is 22.1. The lowest BCUT2D eigenvalue weighted by Crippen LogP contribution is -2.62. The molecule has 4 amide bonds. The molecule has 6 atom stereocenters. The number of methoxy groups -OCH3 is 1. The lowest BCUT2D eigenvalue weighted by Gasteiger charge is -2.37. The van der Waals surface area contributed by atoms with Gasteiger partial charge in [0.15, 0.2) is 0 Å². The second kappa shape index (κ2) is 19.5. The number of amides is 4. The molecule has 0 saturated carbocycles. The second-order valence-corrected chi connectivity index (χ2v) is 19.8. The fraction of sp³-hybridized carbons (Fsp3) is 0.531. The highest BCUT2D eigenvalue weighted by atomic mass is 32.1. The van der Waals surface area contributed by atoms with E-state index in [9.17, 15) is 24.0 Å². The number of aryl methyl sites for hydroxylation is 1. The maximum atomic E-state index is 14.6. The van der Waals surface area contributed by atoms with Gasteiger partial charge in [-0.2, -0.15) is 0 Å². The Hall–Kier alpha value is -5.63. The van der Waals surface area contributed by atoms with Crippen molar-refractivity contribution in [2.24, 2.45) is 30.2 Å². The number of likely N-dealkylation sites (tertiary alicyclic amines) is 1. The summed E-state index contributed by atoms with van der Waals surface area (Å²) in [5.41, 5.74) is 9.11. The van der Waals surface area contributed by atoms with Crippen molar-refractivity contribution in [1.82, 2.24) is 40.1 Å². The van der Waals surface area contributed by atoms with Gasteiger partial charge in [-0.05, 0) is 80.7 Å². The van der Waals surface area contributed by atoms with Crippen LogP contribution in [-0.2, 0) is 53.3 Å². The first-order valence-electron chi connectivity index (χ1n) is 22.5. The van der Waals surface area contributed by atoms with Crippen LogP contribution >= 0.6 is 11.3 Å². The van der Waals surface area contributed by atoms with E-state index in [-0.39, 0.29) is 52.2 Å². The number of hydrazine groups is 1. The molecule has 6 bridgehead atoms. The number of esters is 1. The zero-order valence-corrected chi connectivity index (χ0v) is 40.0.